The van der Waals surface area contributed by atoms with E-state index in [1.165, 1.54) is 0 Å². The number of halogens is 3. The zero-order valence-electron chi connectivity index (χ0n) is 16.1. The Balaban J connectivity index is 1.66. The van der Waals surface area contributed by atoms with E-state index < -0.39 is 0 Å². The number of hydrogen-bond donors (Lipinski definition) is 1. The van der Waals surface area contributed by atoms with Gasteiger partial charge in [0.1, 0.15) is 5.69 Å². The van der Waals surface area contributed by atoms with Gasteiger partial charge in [-0.15, -0.1) is 5.10 Å². The minimum atomic E-state index is -0.359. The molecule has 9 heteroatoms. The monoisotopic (exact) mass is 471 g/mol. The van der Waals surface area contributed by atoms with Crippen LogP contribution in [0.3, 0.4) is 0 Å². The van der Waals surface area contributed by atoms with Crippen LogP contribution in [0.1, 0.15) is 21.6 Å². The highest BCUT2D eigenvalue weighted by molar-refractivity contribution is 6.34. The molecule has 0 aliphatic rings. The Morgan fingerprint density at radius 3 is 2.39 bits per heavy atom. The van der Waals surface area contributed by atoms with E-state index in [-0.39, 0.29) is 18.1 Å². The predicted molar refractivity (Wildman–Crippen MR) is 121 cm³/mol. The molecule has 1 amide bonds. The van der Waals surface area contributed by atoms with Crippen LogP contribution in [0.4, 0.5) is 0 Å². The van der Waals surface area contributed by atoms with E-state index >= 15 is 0 Å². The molecule has 2 aromatic heterocycles. The molecule has 0 aliphatic heterocycles. The minimum absolute atomic E-state index is 0.200. The molecule has 4 rings (SSSR count). The molecule has 2 aromatic carbocycles. The number of carbonyl (C=O) groups excluding carboxylic acids is 1. The summed E-state index contributed by atoms with van der Waals surface area (Å²) in [6.07, 6.45) is 3.29. The molecule has 0 bridgehead atoms. The first-order valence-electron chi connectivity index (χ1n) is 9.31. The van der Waals surface area contributed by atoms with E-state index in [1.54, 1.807) is 53.5 Å². The summed E-state index contributed by atoms with van der Waals surface area (Å²) in [5, 5.41) is 12.8. The van der Waals surface area contributed by atoms with Gasteiger partial charge in [0.15, 0.2) is 5.69 Å². The van der Waals surface area contributed by atoms with Crippen molar-refractivity contribution in [3.8, 4) is 11.3 Å². The quantitative estimate of drug-likeness (QED) is 0.414. The van der Waals surface area contributed by atoms with Gasteiger partial charge in [0.25, 0.3) is 5.91 Å². The number of aromatic nitrogens is 4. The molecule has 31 heavy (non-hydrogen) atoms. The average molecular weight is 473 g/mol. The van der Waals surface area contributed by atoms with E-state index in [9.17, 15) is 4.79 Å². The maximum Gasteiger partial charge on any atom is 0.274 e. The molecule has 6 nitrogen and oxygen atoms in total. The first-order chi connectivity index (χ1) is 15.0. The van der Waals surface area contributed by atoms with Crippen LogP contribution in [0.5, 0.6) is 0 Å². The largest absolute Gasteiger partial charge is 0.346 e. The molecular weight excluding hydrogens is 457 g/mol. The summed E-state index contributed by atoms with van der Waals surface area (Å²) in [7, 11) is 0. The Morgan fingerprint density at radius 2 is 1.68 bits per heavy atom. The molecule has 2 heterocycles. The SMILES string of the molecule is O=C(NCc1ccccc1Cl)c1nnn(Cc2cc(Cl)cc(Cl)c2)c1-c1ccncc1. The topological polar surface area (TPSA) is 72.7 Å². The molecule has 0 aliphatic carbocycles. The Labute approximate surface area is 193 Å². The van der Waals surface area contributed by atoms with Gasteiger partial charge in [0.2, 0.25) is 0 Å². The third-order valence-corrected chi connectivity index (χ3v) is 5.36. The van der Waals surface area contributed by atoms with Crippen molar-refractivity contribution in [1.82, 2.24) is 25.3 Å². The lowest BCUT2D eigenvalue weighted by Gasteiger charge is -2.10. The van der Waals surface area contributed by atoms with Crippen molar-refractivity contribution in [2.45, 2.75) is 13.1 Å². The van der Waals surface area contributed by atoms with Gasteiger partial charge >= 0.3 is 0 Å². The van der Waals surface area contributed by atoms with Crippen molar-refractivity contribution >= 4 is 40.7 Å². The Hall–Kier alpha value is -2.93. The van der Waals surface area contributed by atoms with Crippen LogP contribution in [0.2, 0.25) is 15.1 Å². The lowest BCUT2D eigenvalue weighted by Crippen LogP contribution is -2.24. The zero-order valence-corrected chi connectivity index (χ0v) is 18.4. The molecule has 0 atom stereocenters. The van der Waals surface area contributed by atoms with Gasteiger partial charge in [-0.3, -0.25) is 9.78 Å². The van der Waals surface area contributed by atoms with Crippen molar-refractivity contribution in [1.29, 1.82) is 0 Å². The number of rotatable bonds is 6. The predicted octanol–water partition coefficient (Wildman–Crippen LogP) is 5.28. The van der Waals surface area contributed by atoms with Crippen LogP contribution >= 0.6 is 34.8 Å². The maximum absolute atomic E-state index is 13.0. The standard InChI is InChI=1S/C22H16Cl3N5O/c23-17-9-14(10-18(24)11-17)13-30-21(15-5-7-26-8-6-15)20(28-29-30)22(31)27-12-16-3-1-2-4-19(16)25/h1-11H,12-13H2,(H,27,31). The Bertz CT molecular complexity index is 1210. The molecule has 0 saturated heterocycles. The van der Waals surface area contributed by atoms with Crippen LogP contribution in [0.15, 0.2) is 67.0 Å². The van der Waals surface area contributed by atoms with Crippen molar-refractivity contribution in [2.75, 3.05) is 0 Å². The molecule has 156 valence electrons. The number of hydrogen-bond acceptors (Lipinski definition) is 4. The number of nitrogens with one attached hydrogen (secondary N) is 1. The van der Waals surface area contributed by atoms with Gasteiger partial charge in [-0.25, -0.2) is 4.68 Å². The highest BCUT2D eigenvalue weighted by atomic mass is 35.5. The first kappa shape index (κ1) is 21.3. The number of amides is 1. The van der Waals surface area contributed by atoms with Crippen LogP contribution < -0.4 is 5.32 Å². The van der Waals surface area contributed by atoms with Gasteiger partial charge in [-0.05, 0) is 47.5 Å². The van der Waals surface area contributed by atoms with Gasteiger partial charge in [-0.1, -0.05) is 58.2 Å². The third-order valence-electron chi connectivity index (χ3n) is 4.56. The molecular formula is C22H16Cl3N5O. The third kappa shape index (κ3) is 5.05. The summed E-state index contributed by atoms with van der Waals surface area (Å²) in [5.74, 6) is -0.359. The fourth-order valence-electron chi connectivity index (χ4n) is 3.15. The zero-order chi connectivity index (χ0) is 21.8. The minimum Gasteiger partial charge on any atom is -0.346 e. The number of benzene rings is 2. The summed E-state index contributed by atoms with van der Waals surface area (Å²) in [5.41, 5.74) is 3.17. The van der Waals surface area contributed by atoms with Crippen LogP contribution in [0.25, 0.3) is 11.3 Å². The molecule has 0 radical (unpaired) electrons. The second-order valence-corrected chi connectivity index (χ2v) is 8.01. The summed E-state index contributed by atoms with van der Waals surface area (Å²) in [4.78, 5) is 17.0. The maximum atomic E-state index is 13.0. The van der Waals surface area contributed by atoms with Crippen molar-refractivity contribution in [3.63, 3.8) is 0 Å². The molecule has 4 aromatic rings. The average Bonchev–Trinajstić information content (AvgIpc) is 3.16. The fraction of sp³-hybridized carbons (Fsp3) is 0.0909. The van der Waals surface area contributed by atoms with E-state index in [0.29, 0.717) is 27.3 Å². The van der Waals surface area contributed by atoms with Gasteiger partial charge in [0, 0.05) is 39.6 Å². The lowest BCUT2D eigenvalue weighted by molar-refractivity contribution is 0.0946. The molecule has 1 N–H and O–H groups in total. The summed E-state index contributed by atoms with van der Waals surface area (Å²) in [6, 6.07) is 16.2. The summed E-state index contributed by atoms with van der Waals surface area (Å²) < 4.78 is 1.64. The van der Waals surface area contributed by atoms with Crippen molar-refractivity contribution in [2.24, 2.45) is 0 Å². The molecule has 0 spiro atoms. The van der Waals surface area contributed by atoms with E-state index in [4.69, 9.17) is 34.8 Å². The van der Waals surface area contributed by atoms with Crippen molar-refractivity contribution < 1.29 is 4.79 Å². The Kier molecular flexibility index (Phi) is 6.51. The van der Waals surface area contributed by atoms with Gasteiger partial charge in [0.05, 0.1) is 6.54 Å². The number of pyridine rings is 1. The smallest absolute Gasteiger partial charge is 0.274 e. The van der Waals surface area contributed by atoms with E-state index in [2.05, 4.69) is 20.6 Å². The number of nitrogens with zero attached hydrogens (tertiary/aromatic N) is 4. The highest BCUT2D eigenvalue weighted by Crippen LogP contribution is 2.25. The van der Waals surface area contributed by atoms with E-state index in [1.807, 2.05) is 18.2 Å². The Morgan fingerprint density at radius 1 is 0.968 bits per heavy atom. The fourth-order valence-corrected chi connectivity index (χ4v) is 3.92. The second-order valence-electron chi connectivity index (χ2n) is 6.73. The number of carbonyl (C=O) groups is 1. The van der Waals surface area contributed by atoms with Gasteiger partial charge < -0.3 is 5.32 Å². The normalized spacial score (nSPS) is 10.8. The lowest BCUT2D eigenvalue weighted by atomic mass is 10.1. The van der Waals surface area contributed by atoms with Crippen LogP contribution in [0, 0.1) is 0 Å². The van der Waals surface area contributed by atoms with Crippen molar-refractivity contribution in [3.05, 3.63) is 98.9 Å². The summed E-state index contributed by atoms with van der Waals surface area (Å²) in [6.45, 7) is 0.605. The second kappa shape index (κ2) is 9.47. The van der Waals surface area contributed by atoms with E-state index in [0.717, 1.165) is 16.7 Å². The highest BCUT2D eigenvalue weighted by Gasteiger charge is 2.21. The first-order valence-corrected chi connectivity index (χ1v) is 10.4. The molecule has 0 fully saturated rings. The summed E-state index contributed by atoms with van der Waals surface area (Å²) >= 11 is 18.4. The van der Waals surface area contributed by atoms with Gasteiger partial charge in [-0.2, -0.15) is 0 Å². The molecule has 0 saturated carbocycles. The van der Waals surface area contributed by atoms with Crippen LogP contribution in [-0.4, -0.2) is 25.9 Å². The van der Waals surface area contributed by atoms with Crippen LogP contribution in [-0.2, 0) is 13.1 Å². The molecule has 0 unspecified atom stereocenters.